The number of hydrogen-bond donors (Lipinski definition) is 2. The van der Waals surface area contributed by atoms with Crippen molar-refractivity contribution in [3.05, 3.63) is 53.9 Å². The van der Waals surface area contributed by atoms with Crippen molar-refractivity contribution in [1.82, 2.24) is 14.5 Å². The molecule has 1 aliphatic carbocycles. The first kappa shape index (κ1) is 26.1. The molecule has 3 heterocycles. The minimum atomic E-state index is -4.58. The summed E-state index contributed by atoms with van der Waals surface area (Å²) in [5.41, 5.74) is -0.204. The number of benzene rings is 2. The van der Waals surface area contributed by atoms with Gasteiger partial charge in [-0.05, 0) is 44.7 Å². The van der Waals surface area contributed by atoms with Gasteiger partial charge in [-0.1, -0.05) is 18.2 Å². The van der Waals surface area contributed by atoms with Crippen LogP contribution in [0.15, 0.2) is 42.7 Å². The van der Waals surface area contributed by atoms with E-state index in [1.165, 1.54) is 10.9 Å². The molecule has 0 unspecified atom stereocenters. The number of fused-ring (bicyclic) bond motifs is 3. The Balaban J connectivity index is 1.12. The zero-order valence-electron chi connectivity index (χ0n) is 21.6. The quantitative estimate of drug-likeness (QED) is 0.493. The van der Waals surface area contributed by atoms with E-state index in [1.54, 1.807) is 13.0 Å². The Hall–Kier alpha value is -3.15. The molecule has 2 N–H and O–H groups in total. The highest BCUT2D eigenvalue weighted by Crippen LogP contribution is 2.45. The molecule has 11 heteroatoms. The number of nitrogens with zero attached hydrogens (tertiary/aromatic N) is 3. The van der Waals surface area contributed by atoms with Crippen LogP contribution in [0.5, 0.6) is 5.75 Å². The average Bonchev–Trinajstić information content (AvgIpc) is 3.24. The third kappa shape index (κ3) is 4.99. The first-order chi connectivity index (χ1) is 18.5. The minimum absolute atomic E-state index is 0.00235. The van der Waals surface area contributed by atoms with Gasteiger partial charge in [-0.15, -0.1) is 0 Å². The number of ether oxygens (including phenoxy) is 2. The zero-order chi connectivity index (χ0) is 27.4. The molecule has 0 bridgehead atoms. The van der Waals surface area contributed by atoms with Crippen LogP contribution in [0.3, 0.4) is 0 Å². The fraction of sp³-hybridized carbons (Fsp3) is 0.500. The summed E-state index contributed by atoms with van der Waals surface area (Å²) in [5, 5.41) is 13.0. The van der Waals surface area contributed by atoms with Crippen LogP contribution in [0.4, 0.5) is 18.9 Å². The number of para-hydroxylation sites is 1. The first-order valence-electron chi connectivity index (χ1n) is 13.2. The molecule has 39 heavy (non-hydrogen) atoms. The second-order valence-corrected chi connectivity index (χ2v) is 11.1. The second-order valence-electron chi connectivity index (χ2n) is 11.1. The van der Waals surface area contributed by atoms with Crippen molar-refractivity contribution in [2.45, 2.75) is 56.0 Å². The fourth-order valence-corrected chi connectivity index (χ4v) is 6.17. The summed E-state index contributed by atoms with van der Waals surface area (Å²) in [6.07, 6.45) is -1.01. The van der Waals surface area contributed by atoms with Gasteiger partial charge in [-0.25, -0.2) is 4.98 Å². The zero-order valence-corrected chi connectivity index (χ0v) is 21.6. The van der Waals surface area contributed by atoms with Crippen LogP contribution < -0.4 is 10.1 Å². The molecule has 0 atom stereocenters. The van der Waals surface area contributed by atoms with E-state index in [2.05, 4.69) is 15.2 Å². The van der Waals surface area contributed by atoms with Crippen molar-refractivity contribution >= 4 is 22.6 Å². The van der Waals surface area contributed by atoms with Gasteiger partial charge in [0.2, 0.25) is 5.91 Å². The van der Waals surface area contributed by atoms with Crippen LogP contribution in [-0.2, 0) is 21.3 Å². The highest BCUT2D eigenvalue weighted by Gasteiger charge is 2.43. The Morgan fingerprint density at radius 1 is 1.21 bits per heavy atom. The van der Waals surface area contributed by atoms with Crippen LogP contribution >= 0.6 is 0 Å². The number of anilines is 1. The van der Waals surface area contributed by atoms with Crippen molar-refractivity contribution in [2.24, 2.45) is 0 Å². The molecule has 3 aliphatic rings. The van der Waals surface area contributed by atoms with Gasteiger partial charge in [0.15, 0.2) is 0 Å². The van der Waals surface area contributed by atoms with E-state index in [9.17, 15) is 23.1 Å². The molecule has 2 aliphatic heterocycles. The maximum atomic E-state index is 14.0. The predicted molar refractivity (Wildman–Crippen MR) is 138 cm³/mol. The lowest BCUT2D eigenvalue weighted by Gasteiger charge is -2.42. The molecule has 1 spiro atoms. The molecule has 1 aromatic heterocycles. The van der Waals surface area contributed by atoms with Crippen molar-refractivity contribution in [2.75, 3.05) is 38.2 Å². The molecule has 2 aromatic carbocycles. The van der Waals surface area contributed by atoms with Crippen LogP contribution in [0.2, 0.25) is 0 Å². The molecule has 1 amide bonds. The van der Waals surface area contributed by atoms with E-state index in [0.717, 1.165) is 17.3 Å². The molecular formula is C28H31F3N4O4. The Morgan fingerprint density at radius 3 is 2.67 bits per heavy atom. The fourth-order valence-electron chi connectivity index (χ4n) is 6.17. The number of carbonyl (C=O) groups excluding carboxylic acids is 1. The van der Waals surface area contributed by atoms with Crippen LogP contribution in [0, 0.1) is 0 Å². The van der Waals surface area contributed by atoms with E-state index >= 15 is 0 Å². The van der Waals surface area contributed by atoms with E-state index in [-0.39, 0.29) is 41.9 Å². The van der Waals surface area contributed by atoms with Crippen molar-refractivity contribution in [1.29, 1.82) is 0 Å². The van der Waals surface area contributed by atoms with E-state index in [0.29, 0.717) is 45.3 Å². The van der Waals surface area contributed by atoms with Crippen LogP contribution in [0.1, 0.15) is 49.8 Å². The lowest BCUT2D eigenvalue weighted by Crippen LogP contribution is -2.45. The lowest BCUT2D eigenvalue weighted by atomic mass is 9.77. The molecule has 6 rings (SSSR count). The van der Waals surface area contributed by atoms with Crippen molar-refractivity contribution in [3.63, 3.8) is 0 Å². The smallest absolute Gasteiger partial charge is 0.418 e. The Labute approximate surface area is 223 Å². The third-order valence-corrected chi connectivity index (χ3v) is 8.20. The Bertz CT molecular complexity index is 1390. The normalized spacial score (nSPS) is 25.2. The van der Waals surface area contributed by atoms with Gasteiger partial charge >= 0.3 is 6.18 Å². The third-order valence-electron chi connectivity index (χ3n) is 8.20. The number of carbonyl (C=O) groups is 1. The van der Waals surface area contributed by atoms with Gasteiger partial charge in [-0.2, -0.15) is 13.2 Å². The topological polar surface area (TPSA) is 88.8 Å². The van der Waals surface area contributed by atoms with Crippen LogP contribution in [-0.4, -0.2) is 63.9 Å². The van der Waals surface area contributed by atoms with Gasteiger partial charge in [0.25, 0.3) is 0 Å². The number of hydrogen-bond acceptors (Lipinski definition) is 6. The van der Waals surface area contributed by atoms with Gasteiger partial charge in [0.1, 0.15) is 19.0 Å². The average molecular weight is 545 g/mol. The summed E-state index contributed by atoms with van der Waals surface area (Å²) < 4.78 is 55.6. The summed E-state index contributed by atoms with van der Waals surface area (Å²) in [5.74, 6) is -0.0467. The van der Waals surface area contributed by atoms with Crippen molar-refractivity contribution in [3.8, 4) is 5.75 Å². The highest BCUT2D eigenvalue weighted by atomic mass is 19.4. The summed E-state index contributed by atoms with van der Waals surface area (Å²) in [6.45, 7) is 3.85. The van der Waals surface area contributed by atoms with E-state index in [1.807, 2.05) is 24.3 Å². The molecule has 1 saturated carbocycles. The Kier molecular flexibility index (Phi) is 6.35. The minimum Gasteiger partial charge on any atom is -0.492 e. The monoisotopic (exact) mass is 544 g/mol. The molecule has 8 nitrogen and oxygen atoms in total. The highest BCUT2D eigenvalue weighted by molar-refractivity contribution is 5.93. The molecule has 3 aromatic rings. The standard InChI is InChI=1S/C28H31F3N4O4/c1-26(37)14-18(15-26)35-17-32-23-13-19(12-21(25(23)35)28(29,30)31)38-11-10-34-8-6-27(7-9-34)20-4-2-3-5-22(20)33-24(36)16-39-27/h2-5,12-13,17-18,37H,6-11,14-16H2,1H3,(H,33,36). The summed E-state index contributed by atoms with van der Waals surface area (Å²) >= 11 is 0. The maximum Gasteiger partial charge on any atom is 0.418 e. The van der Waals surface area contributed by atoms with Gasteiger partial charge < -0.3 is 24.5 Å². The van der Waals surface area contributed by atoms with E-state index < -0.39 is 22.9 Å². The molecule has 208 valence electrons. The number of aromatic nitrogens is 2. The number of amides is 1. The number of halogens is 3. The molecular weight excluding hydrogens is 513 g/mol. The lowest BCUT2D eigenvalue weighted by molar-refractivity contribution is -0.136. The number of alkyl halides is 3. The summed E-state index contributed by atoms with van der Waals surface area (Å²) in [4.78, 5) is 18.5. The molecule has 2 fully saturated rings. The van der Waals surface area contributed by atoms with Crippen LogP contribution in [0.25, 0.3) is 11.0 Å². The predicted octanol–water partition coefficient (Wildman–Crippen LogP) is 4.48. The largest absolute Gasteiger partial charge is 0.492 e. The first-order valence-corrected chi connectivity index (χ1v) is 13.2. The van der Waals surface area contributed by atoms with E-state index in [4.69, 9.17) is 9.47 Å². The SMILES string of the molecule is CC1(O)CC(n2cnc3cc(OCCN4CCC5(CC4)OCC(=O)Nc4ccccc45)cc(C(F)(F)F)c32)C1. The molecule has 0 radical (unpaired) electrons. The van der Waals surface area contributed by atoms with Gasteiger partial charge in [0, 0.05) is 43.0 Å². The number of likely N-dealkylation sites (tertiary alicyclic amines) is 1. The number of rotatable bonds is 5. The number of nitrogens with one attached hydrogen (secondary N) is 1. The number of piperidine rings is 1. The summed E-state index contributed by atoms with van der Waals surface area (Å²) in [6, 6.07) is 10.1. The number of aliphatic hydroxyl groups is 1. The van der Waals surface area contributed by atoms with Gasteiger partial charge in [-0.3, -0.25) is 9.69 Å². The molecule has 1 saturated heterocycles. The van der Waals surface area contributed by atoms with Crippen molar-refractivity contribution < 1.29 is 32.5 Å². The maximum absolute atomic E-state index is 14.0. The Morgan fingerprint density at radius 2 is 1.95 bits per heavy atom. The second kappa shape index (κ2) is 9.50. The van der Waals surface area contributed by atoms with Gasteiger partial charge in [0.05, 0.1) is 34.1 Å². The number of imidazole rings is 1. The summed E-state index contributed by atoms with van der Waals surface area (Å²) in [7, 11) is 0.